The average Bonchev–Trinajstić information content (AvgIpc) is 2.77. The quantitative estimate of drug-likeness (QED) is 0.573. The van der Waals surface area contributed by atoms with Gasteiger partial charge in [0.1, 0.15) is 11.6 Å². The first-order valence-corrected chi connectivity index (χ1v) is 11.7. The number of piperidine rings is 1. The second kappa shape index (κ2) is 9.16. The predicted molar refractivity (Wildman–Crippen MR) is 118 cm³/mol. The zero-order valence-corrected chi connectivity index (χ0v) is 17.7. The highest BCUT2D eigenvalue weighted by atomic mass is 32.2. The van der Waals surface area contributed by atoms with Crippen molar-refractivity contribution in [3.8, 4) is 0 Å². The molecule has 0 spiro atoms. The number of nitrogens with one attached hydrogen (secondary N) is 1. The van der Waals surface area contributed by atoms with Gasteiger partial charge < -0.3 is 0 Å². The highest BCUT2D eigenvalue weighted by Gasteiger charge is 2.34. The Bertz CT molecular complexity index is 1060. The Hall–Kier alpha value is -2.77. The maximum atomic E-state index is 13.5. The van der Waals surface area contributed by atoms with Gasteiger partial charge in [-0.25, -0.2) is 8.78 Å². The minimum Gasteiger partial charge on any atom is -0.271 e. The zero-order chi connectivity index (χ0) is 21.8. The van der Waals surface area contributed by atoms with Crippen LogP contribution in [0.4, 0.5) is 14.5 Å². The van der Waals surface area contributed by atoms with Crippen LogP contribution in [0.3, 0.4) is 0 Å². The highest BCUT2D eigenvalue weighted by molar-refractivity contribution is 7.90. The first-order chi connectivity index (χ1) is 14.9. The monoisotopic (exact) mass is 442 g/mol. The summed E-state index contributed by atoms with van der Waals surface area (Å²) >= 11 is 0. The van der Waals surface area contributed by atoms with Gasteiger partial charge in [-0.3, -0.25) is 4.72 Å². The number of para-hydroxylation sites is 1. The Morgan fingerprint density at radius 1 is 0.839 bits per heavy atom. The molecule has 4 rings (SSSR count). The molecule has 1 fully saturated rings. The van der Waals surface area contributed by atoms with E-state index in [-0.39, 0.29) is 23.5 Å². The normalized spacial score (nSPS) is 17.6. The van der Waals surface area contributed by atoms with Crippen LogP contribution in [0, 0.1) is 17.6 Å². The van der Waals surface area contributed by atoms with Crippen LogP contribution in [0.15, 0.2) is 78.9 Å². The molecule has 3 aromatic carbocycles. The van der Waals surface area contributed by atoms with E-state index in [1.54, 1.807) is 48.5 Å². The summed E-state index contributed by atoms with van der Waals surface area (Å²) in [4.78, 5) is 0. The molecular weight excluding hydrogens is 418 g/mol. The van der Waals surface area contributed by atoms with Crippen molar-refractivity contribution in [3.63, 3.8) is 0 Å². The second-order valence-electron chi connectivity index (χ2n) is 7.81. The number of anilines is 1. The van der Waals surface area contributed by atoms with Crippen molar-refractivity contribution >= 4 is 15.9 Å². The summed E-state index contributed by atoms with van der Waals surface area (Å²) in [6, 6.07) is 21.3. The molecule has 7 heteroatoms. The molecule has 1 N–H and O–H groups in total. The Kier molecular flexibility index (Phi) is 6.34. The molecule has 1 aliphatic rings. The van der Waals surface area contributed by atoms with Gasteiger partial charge in [0.25, 0.3) is 0 Å². The predicted octanol–water partition coefficient (Wildman–Crippen LogP) is 5.17. The van der Waals surface area contributed by atoms with Crippen LogP contribution in [-0.2, 0) is 10.2 Å². The molecule has 1 unspecified atom stereocenters. The van der Waals surface area contributed by atoms with E-state index in [1.807, 2.05) is 6.07 Å². The van der Waals surface area contributed by atoms with Gasteiger partial charge in [-0.1, -0.05) is 42.5 Å². The minimum atomic E-state index is -3.72. The van der Waals surface area contributed by atoms with E-state index in [0.29, 0.717) is 25.2 Å². The van der Waals surface area contributed by atoms with Crippen molar-refractivity contribution < 1.29 is 17.2 Å². The van der Waals surface area contributed by atoms with Crippen molar-refractivity contribution in [1.29, 1.82) is 0 Å². The molecule has 0 saturated carbocycles. The lowest BCUT2D eigenvalue weighted by molar-refractivity contribution is 0.250. The number of rotatable bonds is 6. The average molecular weight is 443 g/mol. The van der Waals surface area contributed by atoms with Gasteiger partial charge in [0.15, 0.2) is 0 Å². The Morgan fingerprint density at radius 3 is 1.94 bits per heavy atom. The molecule has 1 heterocycles. The third-order valence-electron chi connectivity index (χ3n) is 5.71. The molecule has 3 aromatic rings. The van der Waals surface area contributed by atoms with Crippen molar-refractivity contribution in [2.75, 3.05) is 17.8 Å². The van der Waals surface area contributed by atoms with Crippen LogP contribution < -0.4 is 4.72 Å². The minimum absolute atomic E-state index is 0.0305. The molecule has 0 bridgehead atoms. The number of benzene rings is 3. The maximum Gasteiger partial charge on any atom is 0.301 e. The Morgan fingerprint density at radius 2 is 1.39 bits per heavy atom. The van der Waals surface area contributed by atoms with Gasteiger partial charge in [-0.15, -0.1) is 0 Å². The Labute approximate surface area is 181 Å². The van der Waals surface area contributed by atoms with Gasteiger partial charge in [-0.2, -0.15) is 12.7 Å². The van der Waals surface area contributed by atoms with Gasteiger partial charge >= 0.3 is 10.2 Å². The molecule has 162 valence electrons. The molecule has 0 radical (unpaired) electrons. The molecule has 1 aliphatic heterocycles. The second-order valence-corrected chi connectivity index (χ2v) is 9.48. The van der Waals surface area contributed by atoms with E-state index in [2.05, 4.69) is 4.72 Å². The SMILES string of the molecule is O=S(=O)(Nc1ccccc1)N1CCCC(C(c2ccc(F)cc2)c2ccc(F)cc2)C1. The first kappa shape index (κ1) is 21.5. The fraction of sp³-hybridized carbons (Fsp3) is 0.250. The van der Waals surface area contributed by atoms with Gasteiger partial charge in [0.2, 0.25) is 0 Å². The standard InChI is InChI=1S/C24H24F2N2O2S/c25-21-12-8-18(9-13-21)24(19-10-14-22(26)15-11-19)20-5-4-16-28(17-20)31(29,30)27-23-6-2-1-3-7-23/h1-3,6-15,20,24,27H,4-5,16-17H2. The molecule has 31 heavy (non-hydrogen) atoms. The topological polar surface area (TPSA) is 49.4 Å². The van der Waals surface area contributed by atoms with Crippen LogP contribution in [0.2, 0.25) is 0 Å². The van der Waals surface area contributed by atoms with Crippen molar-refractivity contribution in [2.45, 2.75) is 18.8 Å². The molecule has 1 atom stereocenters. The zero-order valence-electron chi connectivity index (χ0n) is 16.9. The lowest BCUT2D eigenvalue weighted by Crippen LogP contribution is -2.44. The van der Waals surface area contributed by atoms with E-state index in [1.165, 1.54) is 28.6 Å². The van der Waals surface area contributed by atoms with Gasteiger partial charge in [0.05, 0.1) is 0 Å². The molecule has 1 saturated heterocycles. The van der Waals surface area contributed by atoms with Crippen molar-refractivity contribution in [2.24, 2.45) is 5.92 Å². The Balaban J connectivity index is 1.62. The molecular formula is C24H24F2N2O2S. The van der Waals surface area contributed by atoms with E-state index >= 15 is 0 Å². The fourth-order valence-corrected chi connectivity index (χ4v) is 5.58. The van der Waals surface area contributed by atoms with E-state index in [4.69, 9.17) is 0 Å². The van der Waals surface area contributed by atoms with Gasteiger partial charge in [0, 0.05) is 24.7 Å². The van der Waals surface area contributed by atoms with E-state index in [9.17, 15) is 17.2 Å². The van der Waals surface area contributed by atoms with Crippen LogP contribution in [0.25, 0.3) is 0 Å². The lowest BCUT2D eigenvalue weighted by atomic mass is 9.77. The highest BCUT2D eigenvalue weighted by Crippen LogP contribution is 2.38. The van der Waals surface area contributed by atoms with E-state index < -0.39 is 10.2 Å². The van der Waals surface area contributed by atoms with Crippen molar-refractivity contribution in [3.05, 3.63) is 102 Å². The van der Waals surface area contributed by atoms with Gasteiger partial charge in [-0.05, 0) is 66.3 Å². The third-order valence-corrected chi connectivity index (χ3v) is 7.22. The summed E-state index contributed by atoms with van der Waals surface area (Å²) in [5, 5.41) is 0. The smallest absolute Gasteiger partial charge is 0.271 e. The largest absolute Gasteiger partial charge is 0.301 e. The third kappa shape index (κ3) is 5.11. The summed E-state index contributed by atoms with van der Waals surface area (Å²) in [5.74, 6) is -0.865. The summed E-state index contributed by atoms with van der Waals surface area (Å²) < 4.78 is 57.2. The summed E-state index contributed by atoms with van der Waals surface area (Å²) in [6.07, 6.45) is 1.52. The molecule has 0 amide bonds. The van der Waals surface area contributed by atoms with Crippen LogP contribution in [0.1, 0.15) is 29.9 Å². The van der Waals surface area contributed by atoms with Crippen LogP contribution in [0.5, 0.6) is 0 Å². The molecule has 0 aliphatic carbocycles. The van der Waals surface area contributed by atoms with Crippen LogP contribution >= 0.6 is 0 Å². The lowest BCUT2D eigenvalue weighted by Gasteiger charge is -2.37. The summed E-state index contributed by atoms with van der Waals surface area (Å²) in [7, 11) is -3.72. The number of nitrogens with zero attached hydrogens (tertiary/aromatic N) is 1. The first-order valence-electron chi connectivity index (χ1n) is 10.3. The van der Waals surface area contributed by atoms with Crippen molar-refractivity contribution in [1.82, 2.24) is 4.31 Å². The number of hydrogen-bond donors (Lipinski definition) is 1. The fourth-order valence-electron chi connectivity index (χ4n) is 4.26. The maximum absolute atomic E-state index is 13.5. The summed E-state index contributed by atoms with van der Waals surface area (Å²) in [6.45, 7) is 0.750. The molecule has 4 nitrogen and oxygen atoms in total. The molecule has 0 aromatic heterocycles. The van der Waals surface area contributed by atoms with Crippen LogP contribution in [-0.4, -0.2) is 25.8 Å². The van der Waals surface area contributed by atoms with E-state index in [0.717, 1.165) is 17.5 Å². The summed E-state index contributed by atoms with van der Waals surface area (Å²) in [5.41, 5.74) is 2.28. The number of hydrogen-bond acceptors (Lipinski definition) is 2. The number of halogens is 2.